The molecule has 2 aromatic rings. The van der Waals surface area contributed by atoms with Crippen molar-refractivity contribution in [2.45, 2.75) is 64.6 Å². The van der Waals surface area contributed by atoms with Crippen LogP contribution >= 0.6 is 0 Å². The predicted molar refractivity (Wildman–Crippen MR) is 109 cm³/mol. The van der Waals surface area contributed by atoms with E-state index in [4.69, 9.17) is 20.9 Å². The number of nitrogens with two attached hydrogens (primary N) is 2. The summed E-state index contributed by atoms with van der Waals surface area (Å²) in [5, 5.41) is 0. The molecule has 4 heteroatoms. The van der Waals surface area contributed by atoms with Gasteiger partial charge in [-0.25, -0.2) is 0 Å². The molecular formula is C22H32N2O2. The number of ether oxygens (including phenoxy) is 2. The number of unbranched alkanes of at least 4 members (excludes halogenated alkanes) is 6. The van der Waals surface area contributed by atoms with E-state index in [2.05, 4.69) is 6.92 Å². The molecule has 2 aromatic carbocycles. The number of anilines is 2. The molecular weight excluding hydrogens is 324 g/mol. The average Bonchev–Trinajstić information content (AvgIpc) is 2.64. The lowest BCUT2D eigenvalue weighted by Gasteiger charge is -2.21. The minimum atomic E-state index is -0.321. The molecule has 142 valence electrons. The monoisotopic (exact) mass is 356 g/mol. The first-order chi connectivity index (χ1) is 12.7. The zero-order valence-electron chi connectivity index (χ0n) is 15.8. The van der Waals surface area contributed by atoms with Crippen LogP contribution in [0.5, 0.6) is 11.5 Å². The van der Waals surface area contributed by atoms with E-state index in [-0.39, 0.29) is 6.29 Å². The lowest BCUT2D eigenvalue weighted by atomic mass is 10.1. The minimum Gasteiger partial charge on any atom is -0.455 e. The van der Waals surface area contributed by atoms with Gasteiger partial charge in [-0.3, -0.25) is 0 Å². The minimum absolute atomic E-state index is 0.321. The summed E-state index contributed by atoms with van der Waals surface area (Å²) in [6.07, 6.45) is 9.37. The van der Waals surface area contributed by atoms with E-state index in [1.807, 2.05) is 48.5 Å². The molecule has 0 aliphatic heterocycles. The molecule has 26 heavy (non-hydrogen) atoms. The Balaban J connectivity index is 1.85. The summed E-state index contributed by atoms with van der Waals surface area (Å²) in [5.41, 5.74) is 12.9. The maximum Gasteiger partial charge on any atom is 0.241 e. The molecule has 0 aliphatic carbocycles. The van der Waals surface area contributed by atoms with Crippen molar-refractivity contribution in [2.24, 2.45) is 0 Å². The van der Waals surface area contributed by atoms with Crippen LogP contribution in [0.2, 0.25) is 0 Å². The molecule has 0 spiro atoms. The summed E-state index contributed by atoms with van der Waals surface area (Å²) in [7, 11) is 0. The third-order valence-electron chi connectivity index (χ3n) is 4.34. The zero-order chi connectivity index (χ0) is 18.6. The van der Waals surface area contributed by atoms with Gasteiger partial charge < -0.3 is 20.9 Å². The normalized spacial score (nSPS) is 10.8. The summed E-state index contributed by atoms with van der Waals surface area (Å²) in [6.45, 7) is 2.24. The Labute approximate surface area is 157 Å². The molecule has 4 N–H and O–H groups in total. The standard InChI is InChI=1S/C22H32N2O2/c1-2-3-4-5-6-7-8-9-22(25-20-14-10-18(23)11-15-20)26-21-16-12-19(24)13-17-21/h10-17,22H,2-9,23-24H2,1H3. The second-order valence-electron chi connectivity index (χ2n) is 6.71. The van der Waals surface area contributed by atoms with Crippen LogP contribution < -0.4 is 20.9 Å². The van der Waals surface area contributed by atoms with Crippen molar-refractivity contribution >= 4 is 11.4 Å². The highest BCUT2D eigenvalue weighted by Gasteiger charge is 2.12. The van der Waals surface area contributed by atoms with Crippen LogP contribution in [0, 0.1) is 0 Å². The van der Waals surface area contributed by atoms with Crippen LogP contribution in [0.1, 0.15) is 58.3 Å². The van der Waals surface area contributed by atoms with Crippen molar-refractivity contribution in [1.82, 2.24) is 0 Å². The summed E-state index contributed by atoms with van der Waals surface area (Å²) in [5.74, 6) is 1.53. The molecule has 2 rings (SSSR count). The Morgan fingerprint density at radius 2 is 1.08 bits per heavy atom. The Morgan fingerprint density at radius 3 is 1.54 bits per heavy atom. The van der Waals surface area contributed by atoms with Gasteiger partial charge in [0.05, 0.1) is 0 Å². The van der Waals surface area contributed by atoms with Crippen LogP contribution in [0.4, 0.5) is 11.4 Å². The van der Waals surface area contributed by atoms with Gasteiger partial charge in [-0.05, 0) is 55.0 Å². The van der Waals surface area contributed by atoms with E-state index < -0.39 is 0 Å². The first-order valence-corrected chi connectivity index (χ1v) is 9.72. The van der Waals surface area contributed by atoms with Gasteiger partial charge in [0.15, 0.2) is 0 Å². The van der Waals surface area contributed by atoms with Gasteiger partial charge in [-0.15, -0.1) is 0 Å². The highest BCUT2D eigenvalue weighted by atomic mass is 16.7. The van der Waals surface area contributed by atoms with E-state index in [1.165, 1.54) is 38.5 Å². The highest BCUT2D eigenvalue weighted by Crippen LogP contribution is 2.21. The van der Waals surface area contributed by atoms with Crippen molar-refractivity contribution in [3.8, 4) is 11.5 Å². The molecule has 0 bridgehead atoms. The quantitative estimate of drug-likeness (QED) is 0.287. The fourth-order valence-corrected chi connectivity index (χ4v) is 2.81. The van der Waals surface area contributed by atoms with E-state index in [9.17, 15) is 0 Å². The van der Waals surface area contributed by atoms with Crippen LogP contribution in [0.15, 0.2) is 48.5 Å². The third kappa shape index (κ3) is 7.68. The first-order valence-electron chi connectivity index (χ1n) is 9.72. The van der Waals surface area contributed by atoms with E-state index in [1.54, 1.807) is 0 Å². The van der Waals surface area contributed by atoms with E-state index in [0.717, 1.165) is 35.7 Å². The Morgan fingerprint density at radius 1 is 0.654 bits per heavy atom. The Kier molecular flexibility index (Phi) is 8.67. The SMILES string of the molecule is CCCCCCCCCC(Oc1ccc(N)cc1)Oc1ccc(N)cc1. The fourth-order valence-electron chi connectivity index (χ4n) is 2.81. The second kappa shape index (κ2) is 11.3. The molecule has 0 saturated carbocycles. The highest BCUT2D eigenvalue weighted by molar-refractivity contribution is 5.42. The van der Waals surface area contributed by atoms with Gasteiger partial charge >= 0.3 is 0 Å². The smallest absolute Gasteiger partial charge is 0.241 e. The molecule has 0 amide bonds. The van der Waals surface area contributed by atoms with Crippen LogP contribution in [-0.4, -0.2) is 6.29 Å². The average molecular weight is 357 g/mol. The van der Waals surface area contributed by atoms with E-state index >= 15 is 0 Å². The number of benzene rings is 2. The van der Waals surface area contributed by atoms with Gasteiger partial charge in [0.2, 0.25) is 6.29 Å². The Hall–Kier alpha value is -2.36. The summed E-state index contributed by atoms with van der Waals surface area (Å²) >= 11 is 0. The van der Waals surface area contributed by atoms with Crippen LogP contribution in [0.25, 0.3) is 0 Å². The number of rotatable bonds is 12. The van der Waals surface area contributed by atoms with Crippen molar-refractivity contribution in [3.63, 3.8) is 0 Å². The van der Waals surface area contributed by atoms with Crippen LogP contribution in [0.3, 0.4) is 0 Å². The third-order valence-corrected chi connectivity index (χ3v) is 4.34. The van der Waals surface area contributed by atoms with Gasteiger partial charge in [-0.1, -0.05) is 45.4 Å². The molecule has 0 heterocycles. The molecule has 0 aliphatic rings. The summed E-state index contributed by atoms with van der Waals surface area (Å²) < 4.78 is 12.1. The second-order valence-corrected chi connectivity index (χ2v) is 6.71. The number of nitrogen functional groups attached to an aromatic ring is 2. The topological polar surface area (TPSA) is 70.5 Å². The zero-order valence-corrected chi connectivity index (χ0v) is 15.8. The van der Waals surface area contributed by atoms with Gasteiger partial charge in [0, 0.05) is 17.8 Å². The van der Waals surface area contributed by atoms with Gasteiger partial charge in [0.25, 0.3) is 0 Å². The number of hydrogen-bond donors (Lipinski definition) is 2. The Bertz CT molecular complexity index is 564. The molecule has 0 radical (unpaired) electrons. The molecule has 0 aromatic heterocycles. The van der Waals surface area contributed by atoms with Gasteiger partial charge in [0.1, 0.15) is 11.5 Å². The predicted octanol–water partition coefficient (Wildman–Crippen LogP) is 5.78. The van der Waals surface area contributed by atoms with E-state index in [0.29, 0.717) is 0 Å². The lowest BCUT2D eigenvalue weighted by Crippen LogP contribution is -2.24. The van der Waals surface area contributed by atoms with Crippen molar-refractivity contribution in [1.29, 1.82) is 0 Å². The first kappa shape index (κ1) is 20.0. The summed E-state index contributed by atoms with van der Waals surface area (Å²) in [6, 6.07) is 14.8. The molecule has 0 atom stereocenters. The fraction of sp³-hybridized carbons (Fsp3) is 0.455. The molecule has 4 nitrogen and oxygen atoms in total. The molecule has 0 saturated heterocycles. The summed E-state index contributed by atoms with van der Waals surface area (Å²) in [4.78, 5) is 0. The maximum atomic E-state index is 6.04. The van der Waals surface area contributed by atoms with Crippen LogP contribution in [-0.2, 0) is 0 Å². The van der Waals surface area contributed by atoms with Gasteiger partial charge in [-0.2, -0.15) is 0 Å². The molecule has 0 fully saturated rings. The van der Waals surface area contributed by atoms with Crippen molar-refractivity contribution in [2.75, 3.05) is 11.5 Å². The lowest BCUT2D eigenvalue weighted by molar-refractivity contribution is -0.00243. The van der Waals surface area contributed by atoms with Crippen molar-refractivity contribution < 1.29 is 9.47 Å². The maximum absolute atomic E-state index is 6.04. The van der Waals surface area contributed by atoms with Crippen molar-refractivity contribution in [3.05, 3.63) is 48.5 Å². The molecule has 0 unspecified atom stereocenters. The number of hydrogen-bond acceptors (Lipinski definition) is 4. The largest absolute Gasteiger partial charge is 0.455 e.